The van der Waals surface area contributed by atoms with E-state index in [1.165, 1.54) is 0 Å². The molecule has 6 heteroatoms. The molecule has 0 spiro atoms. The van der Waals surface area contributed by atoms with Crippen molar-refractivity contribution < 1.29 is 19.1 Å². The molecule has 6 nitrogen and oxygen atoms in total. The molecule has 0 aliphatic heterocycles. The maximum atomic E-state index is 11.7. The van der Waals surface area contributed by atoms with Crippen LogP contribution in [0.4, 0.5) is 15.3 Å². The molecule has 1 unspecified atom stereocenters. The number of benzene rings is 1. The highest BCUT2D eigenvalue weighted by molar-refractivity contribution is 5.84. The van der Waals surface area contributed by atoms with Crippen LogP contribution in [0.3, 0.4) is 0 Å². The molecule has 0 fully saturated rings. The third-order valence-corrected chi connectivity index (χ3v) is 2.75. The van der Waals surface area contributed by atoms with Gasteiger partial charge in [0.15, 0.2) is 0 Å². The number of alkyl carbamates (subject to hydrolysis) is 1. The van der Waals surface area contributed by atoms with Gasteiger partial charge in [0.1, 0.15) is 5.60 Å². The summed E-state index contributed by atoms with van der Waals surface area (Å²) in [6.45, 7) is 9.43. The Hall–Kier alpha value is -2.24. The van der Waals surface area contributed by atoms with Crippen LogP contribution >= 0.6 is 0 Å². The zero-order valence-corrected chi connectivity index (χ0v) is 14.4. The quantitative estimate of drug-likeness (QED) is 0.866. The number of ether oxygens (including phenoxy) is 2. The second kappa shape index (κ2) is 8.41. The van der Waals surface area contributed by atoms with Crippen molar-refractivity contribution in [3.8, 4) is 0 Å². The van der Waals surface area contributed by atoms with Crippen molar-refractivity contribution >= 4 is 17.9 Å². The molecule has 23 heavy (non-hydrogen) atoms. The Bertz CT molecular complexity index is 538. The third-order valence-electron chi connectivity index (χ3n) is 2.75. The standard InChI is InChI=1S/C17H26N2O4/c1-6-22-15(20)19-14-9-7-8-13(11-14)10-12(2)18-16(21)23-17(3,4)5/h7-9,11-12H,6,10H2,1-5H3,(H,18,21)(H,19,20). The van der Waals surface area contributed by atoms with Crippen molar-refractivity contribution in [1.29, 1.82) is 0 Å². The molecule has 0 bridgehead atoms. The van der Waals surface area contributed by atoms with Gasteiger partial charge >= 0.3 is 12.2 Å². The lowest BCUT2D eigenvalue weighted by atomic mass is 10.1. The predicted octanol–water partition coefficient (Wildman–Crippen LogP) is 3.71. The first-order valence-electron chi connectivity index (χ1n) is 7.72. The number of nitrogens with one attached hydrogen (secondary N) is 2. The van der Waals surface area contributed by atoms with Crippen LogP contribution in [-0.2, 0) is 15.9 Å². The highest BCUT2D eigenvalue weighted by Gasteiger charge is 2.17. The van der Waals surface area contributed by atoms with Gasteiger partial charge in [-0.05, 0) is 58.7 Å². The Labute approximate surface area is 137 Å². The van der Waals surface area contributed by atoms with Gasteiger partial charge in [0.2, 0.25) is 0 Å². The molecule has 0 saturated heterocycles. The van der Waals surface area contributed by atoms with Gasteiger partial charge in [0.05, 0.1) is 6.61 Å². The molecule has 2 N–H and O–H groups in total. The van der Waals surface area contributed by atoms with E-state index < -0.39 is 17.8 Å². The Kier molecular flexibility index (Phi) is 6.88. The number of rotatable bonds is 5. The van der Waals surface area contributed by atoms with Crippen LogP contribution in [0.1, 0.15) is 40.2 Å². The maximum absolute atomic E-state index is 11.7. The molecule has 2 amide bonds. The summed E-state index contributed by atoms with van der Waals surface area (Å²) < 4.78 is 10.1. The van der Waals surface area contributed by atoms with Gasteiger partial charge in [-0.25, -0.2) is 9.59 Å². The van der Waals surface area contributed by atoms with E-state index in [1.807, 2.05) is 45.9 Å². The number of hydrogen-bond donors (Lipinski definition) is 2. The first-order chi connectivity index (χ1) is 10.7. The normalized spacial score (nSPS) is 12.2. The number of anilines is 1. The maximum Gasteiger partial charge on any atom is 0.411 e. The summed E-state index contributed by atoms with van der Waals surface area (Å²) in [6.07, 6.45) is -0.298. The van der Waals surface area contributed by atoms with Crippen LogP contribution < -0.4 is 10.6 Å². The van der Waals surface area contributed by atoms with Gasteiger partial charge < -0.3 is 14.8 Å². The lowest BCUT2D eigenvalue weighted by molar-refractivity contribution is 0.0508. The predicted molar refractivity (Wildman–Crippen MR) is 89.6 cm³/mol. The van der Waals surface area contributed by atoms with Crippen molar-refractivity contribution in [3.63, 3.8) is 0 Å². The molecule has 0 aromatic heterocycles. The van der Waals surface area contributed by atoms with Crippen molar-refractivity contribution in [2.75, 3.05) is 11.9 Å². The second-order valence-corrected chi connectivity index (χ2v) is 6.30. The van der Waals surface area contributed by atoms with Crippen molar-refractivity contribution in [2.45, 2.75) is 52.7 Å². The molecular formula is C17H26N2O4. The van der Waals surface area contributed by atoms with E-state index in [4.69, 9.17) is 9.47 Å². The summed E-state index contributed by atoms with van der Waals surface area (Å²) in [7, 11) is 0. The lowest BCUT2D eigenvalue weighted by Gasteiger charge is -2.22. The second-order valence-electron chi connectivity index (χ2n) is 6.30. The zero-order valence-electron chi connectivity index (χ0n) is 14.4. The van der Waals surface area contributed by atoms with Crippen LogP contribution in [0.5, 0.6) is 0 Å². The average molecular weight is 322 g/mol. The lowest BCUT2D eigenvalue weighted by Crippen LogP contribution is -2.38. The van der Waals surface area contributed by atoms with Crippen molar-refractivity contribution in [2.24, 2.45) is 0 Å². The fourth-order valence-corrected chi connectivity index (χ4v) is 1.97. The number of carbonyl (C=O) groups excluding carboxylic acids is 2. The van der Waals surface area contributed by atoms with Gasteiger partial charge in [0.25, 0.3) is 0 Å². The monoisotopic (exact) mass is 322 g/mol. The molecule has 1 rings (SSSR count). The molecule has 128 valence electrons. The van der Waals surface area contributed by atoms with Gasteiger partial charge in [-0.1, -0.05) is 12.1 Å². The van der Waals surface area contributed by atoms with E-state index in [1.54, 1.807) is 13.0 Å². The number of carbonyl (C=O) groups is 2. The van der Waals surface area contributed by atoms with E-state index in [0.29, 0.717) is 18.7 Å². The molecule has 0 saturated carbocycles. The van der Waals surface area contributed by atoms with E-state index in [2.05, 4.69) is 10.6 Å². The minimum atomic E-state index is -0.521. The summed E-state index contributed by atoms with van der Waals surface area (Å²) >= 11 is 0. The van der Waals surface area contributed by atoms with Crippen LogP contribution in [0.15, 0.2) is 24.3 Å². The largest absolute Gasteiger partial charge is 0.450 e. The number of hydrogen-bond acceptors (Lipinski definition) is 4. The van der Waals surface area contributed by atoms with Crippen molar-refractivity contribution in [1.82, 2.24) is 5.32 Å². The van der Waals surface area contributed by atoms with E-state index >= 15 is 0 Å². The molecule has 1 aromatic rings. The highest BCUT2D eigenvalue weighted by atomic mass is 16.6. The van der Waals surface area contributed by atoms with Gasteiger partial charge in [0, 0.05) is 11.7 Å². The van der Waals surface area contributed by atoms with E-state index in [-0.39, 0.29) is 6.04 Å². The summed E-state index contributed by atoms with van der Waals surface area (Å²) in [4.78, 5) is 23.2. The van der Waals surface area contributed by atoms with Gasteiger partial charge in [-0.2, -0.15) is 0 Å². The van der Waals surface area contributed by atoms with Crippen LogP contribution in [0.2, 0.25) is 0 Å². The van der Waals surface area contributed by atoms with Gasteiger partial charge in [-0.15, -0.1) is 0 Å². The highest BCUT2D eigenvalue weighted by Crippen LogP contribution is 2.13. The fourth-order valence-electron chi connectivity index (χ4n) is 1.97. The van der Waals surface area contributed by atoms with Gasteiger partial charge in [-0.3, -0.25) is 5.32 Å². The Morgan fingerprint density at radius 2 is 1.91 bits per heavy atom. The third kappa shape index (κ3) is 8.09. The molecule has 1 aromatic carbocycles. The molecule has 1 atom stereocenters. The summed E-state index contributed by atoms with van der Waals surface area (Å²) in [5.41, 5.74) is 1.13. The van der Waals surface area contributed by atoms with Crippen LogP contribution in [0.25, 0.3) is 0 Å². The molecule has 0 heterocycles. The summed E-state index contributed by atoms with van der Waals surface area (Å²) in [5, 5.41) is 5.45. The fraction of sp³-hybridized carbons (Fsp3) is 0.529. The van der Waals surface area contributed by atoms with Crippen LogP contribution in [0, 0.1) is 0 Å². The van der Waals surface area contributed by atoms with Crippen LogP contribution in [-0.4, -0.2) is 30.4 Å². The Morgan fingerprint density at radius 3 is 2.52 bits per heavy atom. The number of amides is 2. The molecule has 0 aliphatic carbocycles. The summed E-state index contributed by atoms with van der Waals surface area (Å²) in [6, 6.07) is 7.32. The van der Waals surface area contributed by atoms with E-state index in [9.17, 15) is 9.59 Å². The topological polar surface area (TPSA) is 76.7 Å². The van der Waals surface area contributed by atoms with Crippen molar-refractivity contribution in [3.05, 3.63) is 29.8 Å². The molecule has 0 radical (unpaired) electrons. The minimum absolute atomic E-state index is 0.0947. The minimum Gasteiger partial charge on any atom is -0.450 e. The molecular weight excluding hydrogens is 296 g/mol. The Morgan fingerprint density at radius 1 is 1.22 bits per heavy atom. The zero-order chi connectivity index (χ0) is 17.5. The Balaban J connectivity index is 2.56. The first kappa shape index (κ1) is 18.8. The smallest absolute Gasteiger partial charge is 0.411 e. The first-order valence-corrected chi connectivity index (χ1v) is 7.72. The average Bonchev–Trinajstić information content (AvgIpc) is 2.36. The summed E-state index contributed by atoms with van der Waals surface area (Å²) in [5.74, 6) is 0. The molecule has 0 aliphatic rings. The van der Waals surface area contributed by atoms with E-state index in [0.717, 1.165) is 5.56 Å². The SMILES string of the molecule is CCOC(=O)Nc1cccc(CC(C)NC(=O)OC(C)(C)C)c1.